The van der Waals surface area contributed by atoms with E-state index in [0.29, 0.717) is 22.7 Å². The summed E-state index contributed by atoms with van der Waals surface area (Å²) in [5, 5.41) is 2.63. The average Bonchev–Trinajstić information content (AvgIpc) is 2.59. The summed E-state index contributed by atoms with van der Waals surface area (Å²) < 4.78 is 10.5. The van der Waals surface area contributed by atoms with Gasteiger partial charge < -0.3 is 20.5 Å². The molecule has 0 saturated carbocycles. The van der Waals surface area contributed by atoms with Gasteiger partial charge in [-0.1, -0.05) is 24.3 Å². The van der Waals surface area contributed by atoms with Gasteiger partial charge in [-0.3, -0.25) is 9.59 Å². The van der Waals surface area contributed by atoms with Crippen LogP contribution in [0.5, 0.6) is 11.5 Å². The van der Waals surface area contributed by atoms with Gasteiger partial charge in [0, 0.05) is 11.6 Å². The van der Waals surface area contributed by atoms with Crippen molar-refractivity contribution in [3.63, 3.8) is 0 Å². The fourth-order valence-electron chi connectivity index (χ4n) is 2.19. The third-order valence-corrected chi connectivity index (χ3v) is 3.30. The molecule has 2 aromatic carbocycles. The maximum Gasteiger partial charge on any atom is 0.250 e. The Morgan fingerprint density at radius 3 is 2.46 bits per heavy atom. The maximum atomic E-state index is 12.1. The van der Waals surface area contributed by atoms with Crippen LogP contribution in [0, 0.1) is 0 Å². The van der Waals surface area contributed by atoms with Crippen molar-refractivity contribution in [1.82, 2.24) is 0 Å². The van der Waals surface area contributed by atoms with Gasteiger partial charge in [0.1, 0.15) is 0 Å². The molecule has 0 unspecified atom stereocenters. The number of carbonyl (C=O) groups excluding carboxylic acids is 2. The summed E-state index contributed by atoms with van der Waals surface area (Å²) in [6.07, 6.45) is 2.94. The molecule has 0 spiro atoms. The number of nitrogens with two attached hydrogens (primary N) is 1. The van der Waals surface area contributed by atoms with Crippen LogP contribution in [-0.2, 0) is 4.79 Å². The lowest BCUT2D eigenvalue weighted by Gasteiger charge is -2.10. The first kappa shape index (κ1) is 17.1. The van der Waals surface area contributed by atoms with Crippen LogP contribution in [0.4, 0.5) is 5.69 Å². The topological polar surface area (TPSA) is 90.6 Å². The van der Waals surface area contributed by atoms with Crippen LogP contribution in [0.2, 0.25) is 0 Å². The third-order valence-electron chi connectivity index (χ3n) is 3.30. The van der Waals surface area contributed by atoms with Gasteiger partial charge in [0.25, 0.3) is 5.91 Å². The van der Waals surface area contributed by atoms with E-state index >= 15 is 0 Å². The minimum atomic E-state index is -0.607. The van der Waals surface area contributed by atoms with Crippen molar-refractivity contribution in [2.24, 2.45) is 5.73 Å². The highest BCUT2D eigenvalue weighted by Crippen LogP contribution is 2.31. The Morgan fingerprint density at radius 2 is 1.79 bits per heavy atom. The molecule has 2 amide bonds. The molecule has 2 rings (SSSR count). The molecule has 2 aromatic rings. The highest BCUT2D eigenvalue weighted by Gasteiger charge is 2.10. The van der Waals surface area contributed by atoms with Gasteiger partial charge in [0.2, 0.25) is 5.91 Å². The number of carbonyl (C=O) groups is 2. The quantitative estimate of drug-likeness (QED) is 0.798. The van der Waals surface area contributed by atoms with Gasteiger partial charge in [0.15, 0.2) is 11.5 Å². The molecule has 0 saturated heterocycles. The first-order chi connectivity index (χ1) is 11.6. The summed E-state index contributed by atoms with van der Waals surface area (Å²) in [5.74, 6) is 0.0960. The van der Waals surface area contributed by atoms with Crippen molar-refractivity contribution < 1.29 is 19.1 Å². The number of amides is 2. The number of para-hydroxylation sites is 2. The van der Waals surface area contributed by atoms with E-state index in [1.165, 1.54) is 13.2 Å². The van der Waals surface area contributed by atoms with Crippen LogP contribution in [-0.4, -0.2) is 26.0 Å². The van der Waals surface area contributed by atoms with E-state index in [1.54, 1.807) is 55.7 Å². The molecular weight excluding hydrogens is 308 g/mol. The molecule has 0 heterocycles. The second-order valence-corrected chi connectivity index (χ2v) is 4.82. The molecule has 0 aromatic heterocycles. The zero-order valence-corrected chi connectivity index (χ0v) is 13.4. The van der Waals surface area contributed by atoms with Crippen LogP contribution in [0.25, 0.3) is 6.08 Å². The van der Waals surface area contributed by atoms with Crippen molar-refractivity contribution in [1.29, 1.82) is 0 Å². The number of hydrogen-bond donors (Lipinski definition) is 2. The summed E-state index contributed by atoms with van der Waals surface area (Å²) in [6, 6.07) is 11.9. The summed E-state index contributed by atoms with van der Waals surface area (Å²) in [4.78, 5) is 23.5. The number of rotatable bonds is 6. The van der Waals surface area contributed by atoms with Gasteiger partial charge in [-0.05, 0) is 24.3 Å². The van der Waals surface area contributed by atoms with E-state index in [2.05, 4.69) is 5.32 Å². The maximum absolute atomic E-state index is 12.1. The Kier molecular flexibility index (Phi) is 5.57. The average molecular weight is 326 g/mol. The largest absolute Gasteiger partial charge is 0.493 e. The second kappa shape index (κ2) is 7.82. The van der Waals surface area contributed by atoms with Crippen molar-refractivity contribution in [2.75, 3.05) is 19.5 Å². The molecular formula is C18H18N2O4. The predicted octanol–water partition coefficient (Wildman–Crippen LogP) is 2.45. The minimum absolute atomic E-state index is 0.248. The number of nitrogens with one attached hydrogen (secondary N) is 1. The molecule has 0 radical (unpaired) electrons. The number of primary amides is 1. The molecule has 124 valence electrons. The van der Waals surface area contributed by atoms with Crippen LogP contribution in [0.1, 0.15) is 15.9 Å². The minimum Gasteiger partial charge on any atom is -0.493 e. The van der Waals surface area contributed by atoms with E-state index in [9.17, 15) is 9.59 Å². The fraction of sp³-hybridized carbons (Fsp3) is 0.111. The fourth-order valence-corrected chi connectivity index (χ4v) is 2.19. The van der Waals surface area contributed by atoms with Gasteiger partial charge in [-0.15, -0.1) is 0 Å². The predicted molar refractivity (Wildman–Crippen MR) is 92.2 cm³/mol. The van der Waals surface area contributed by atoms with E-state index in [1.807, 2.05) is 0 Å². The van der Waals surface area contributed by atoms with E-state index in [4.69, 9.17) is 15.2 Å². The van der Waals surface area contributed by atoms with Crippen molar-refractivity contribution in [3.8, 4) is 11.5 Å². The number of benzene rings is 2. The van der Waals surface area contributed by atoms with Crippen molar-refractivity contribution in [2.45, 2.75) is 0 Å². The molecule has 6 heteroatoms. The first-order valence-corrected chi connectivity index (χ1v) is 7.15. The van der Waals surface area contributed by atoms with Crippen molar-refractivity contribution >= 4 is 23.6 Å². The van der Waals surface area contributed by atoms with Crippen molar-refractivity contribution in [3.05, 3.63) is 59.7 Å². The second-order valence-electron chi connectivity index (χ2n) is 4.82. The normalized spacial score (nSPS) is 10.4. The zero-order chi connectivity index (χ0) is 17.5. The van der Waals surface area contributed by atoms with Gasteiger partial charge >= 0.3 is 0 Å². The van der Waals surface area contributed by atoms with Crippen LogP contribution in [0.15, 0.2) is 48.5 Å². The molecule has 0 aliphatic carbocycles. The Bertz CT molecular complexity index is 784. The number of anilines is 1. The van der Waals surface area contributed by atoms with Crippen LogP contribution >= 0.6 is 0 Å². The van der Waals surface area contributed by atoms with E-state index in [0.717, 1.165) is 0 Å². The highest BCUT2D eigenvalue weighted by atomic mass is 16.5. The first-order valence-electron chi connectivity index (χ1n) is 7.15. The molecule has 24 heavy (non-hydrogen) atoms. The molecule has 0 aliphatic heterocycles. The SMILES string of the molecule is COc1cccc(/C=C/C(=O)Nc2ccccc2C(N)=O)c1OC. The van der Waals surface area contributed by atoms with Crippen LogP contribution in [0.3, 0.4) is 0 Å². The number of ether oxygens (including phenoxy) is 2. The Morgan fingerprint density at radius 1 is 1.04 bits per heavy atom. The number of methoxy groups -OCH3 is 2. The lowest BCUT2D eigenvalue weighted by Crippen LogP contribution is -2.16. The highest BCUT2D eigenvalue weighted by molar-refractivity contribution is 6.07. The molecule has 3 N–H and O–H groups in total. The number of hydrogen-bond acceptors (Lipinski definition) is 4. The third kappa shape index (κ3) is 3.92. The molecule has 0 aliphatic rings. The summed E-state index contributed by atoms with van der Waals surface area (Å²) >= 11 is 0. The Labute approximate surface area is 139 Å². The lowest BCUT2D eigenvalue weighted by molar-refractivity contribution is -0.111. The lowest BCUT2D eigenvalue weighted by atomic mass is 10.1. The summed E-state index contributed by atoms with van der Waals surface area (Å²) in [5.41, 5.74) is 6.58. The van der Waals surface area contributed by atoms with E-state index < -0.39 is 11.8 Å². The standard InChI is InChI=1S/C18H18N2O4/c1-23-15-9-5-6-12(17(15)24-2)10-11-16(21)20-14-8-4-3-7-13(14)18(19)22/h3-11H,1-2H3,(H2,19,22)(H,20,21)/b11-10+. The van der Waals surface area contributed by atoms with Crippen LogP contribution < -0.4 is 20.5 Å². The molecule has 6 nitrogen and oxygen atoms in total. The smallest absolute Gasteiger partial charge is 0.250 e. The van der Waals surface area contributed by atoms with Gasteiger partial charge in [-0.2, -0.15) is 0 Å². The summed E-state index contributed by atoms with van der Waals surface area (Å²) in [6.45, 7) is 0. The molecule has 0 fully saturated rings. The monoisotopic (exact) mass is 326 g/mol. The zero-order valence-electron chi connectivity index (χ0n) is 13.4. The Hall–Kier alpha value is -3.28. The summed E-state index contributed by atoms with van der Waals surface area (Å²) in [7, 11) is 3.07. The van der Waals surface area contributed by atoms with Gasteiger partial charge in [-0.25, -0.2) is 0 Å². The van der Waals surface area contributed by atoms with Gasteiger partial charge in [0.05, 0.1) is 25.5 Å². The Balaban J connectivity index is 2.19. The molecule has 0 bridgehead atoms. The van der Waals surface area contributed by atoms with E-state index in [-0.39, 0.29) is 5.56 Å². The molecule has 0 atom stereocenters.